The van der Waals surface area contributed by atoms with Crippen LogP contribution >= 0.6 is 0 Å². The fourth-order valence-corrected chi connectivity index (χ4v) is 4.22. The molecule has 1 atom stereocenters. The third kappa shape index (κ3) is 4.71. The predicted octanol–water partition coefficient (Wildman–Crippen LogP) is 5.23. The summed E-state index contributed by atoms with van der Waals surface area (Å²) in [7, 11) is 0. The molecule has 4 rings (SSSR count). The summed E-state index contributed by atoms with van der Waals surface area (Å²) in [5, 5.41) is 6.88. The smallest absolute Gasteiger partial charge is 0.355 e. The summed E-state index contributed by atoms with van der Waals surface area (Å²) in [4.78, 5) is 12.5. The molecule has 1 unspecified atom stereocenters. The van der Waals surface area contributed by atoms with Crippen LogP contribution in [0.4, 0.5) is 13.2 Å². The van der Waals surface area contributed by atoms with E-state index in [-0.39, 0.29) is 11.8 Å². The van der Waals surface area contributed by atoms with E-state index in [0.717, 1.165) is 30.4 Å². The van der Waals surface area contributed by atoms with Crippen LogP contribution in [0.5, 0.6) is 0 Å². The van der Waals surface area contributed by atoms with E-state index >= 15 is 0 Å². The molecule has 0 bridgehead atoms. The van der Waals surface area contributed by atoms with E-state index < -0.39 is 11.9 Å². The summed E-state index contributed by atoms with van der Waals surface area (Å²) in [5.74, 6) is -0.443. The van der Waals surface area contributed by atoms with Gasteiger partial charge in [-0.1, -0.05) is 42.5 Å². The maximum Gasteiger partial charge on any atom is 0.435 e. The van der Waals surface area contributed by atoms with Gasteiger partial charge in [0.25, 0.3) is 0 Å². The second kappa shape index (κ2) is 9.18. The lowest BCUT2D eigenvalue weighted by molar-refractivity contribution is -0.142. The van der Waals surface area contributed by atoms with Crippen molar-refractivity contribution >= 4 is 5.91 Å². The normalized spacial score (nSPS) is 14.6. The van der Waals surface area contributed by atoms with Crippen molar-refractivity contribution in [3.05, 3.63) is 82.7 Å². The molecule has 0 saturated heterocycles. The molecule has 32 heavy (non-hydrogen) atoms. The van der Waals surface area contributed by atoms with E-state index in [4.69, 9.17) is 0 Å². The quantitative estimate of drug-likeness (QED) is 0.569. The van der Waals surface area contributed by atoms with Gasteiger partial charge in [0.15, 0.2) is 5.69 Å². The molecule has 1 heterocycles. The summed E-state index contributed by atoms with van der Waals surface area (Å²) in [6.07, 6.45) is -1.11. The van der Waals surface area contributed by atoms with E-state index in [1.165, 1.54) is 4.68 Å². The molecule has 1 N–H and O–H groups in total. The minimum atomic E-state index is -4.46. The number of aromatic nitrogens is 2. The van der Waals surface area contributed by atoms with Crippen molar-refractivity contribution in [1.29, 1.82) is 0 Å². The van der Waals surface area contributed by atoms with Gasteiger partial charge in [-0.2, -0.15) is 18.3 Å². The number of alkyl halides is 3. The summed E-state index contributed by atoms with van der Waals surface area (Å²) >= 11 is 0. The number of carbonyl (C=O) groups excluding carboxylic acids is 1. The van der Waals surface area contributed by atoms with E-state index in [1.807, 2.05) is 37.3 Å². The van der Waals surface area contributed by atoms with Crippen molar-refractivity contribution in [2.45, 2.75) is 51.1 Å². The summed E-state index contributed by atoms with van der Waals surface area (Å²) in [6.45, 7) is 2.37. The molecule has 1 aromatic heterocycles. The zero-order chi connectivity index (χ0) is 22.7. The summed E-state index contributed by atoms with van der Waals surface area (Å²) in [6, 6.07) is 17.0. The maximum atomic E-state index is 13.5. The Hall–Kier alpha value is -3.09. The van der Waals surface area contributed by atoms with Crippen LogP contribution in [0, 0.1) is 0 Å². The van der Waals surface area contributed by atoms with Crippen molar-refractivity contribution in [3.63, 3.8) is 0 Å². The Labute approximate surface area is 185 Å². The molecule has 0 aliphatic heterocycles. The van der Waals surface area contributed by atoms with Gasteiger partial charge < -0.3 is 5.32 Å². The molecule has 0 radical (unpaired) electrons. The fraction of sp³-hybridized carbons (Fsp3) is 0.360. The monoisotopic (exact) mass is 441 g/mol. The Kier molecular flexibility index (Phi) is 6.35. The number of nitrogens with one attached hydrogen (secondary N) is 1. The molecule has 1 amide bonds. The van der Waals surface area contributed by atoms with Gasteiger partial charge in [0.1, 0.15) is 0 Å². The minimum absolute atomic E-state index is 0.0792. The first-order valence-electron chi connectivity index (χ1n) is 10.9. The molecule has 0 fully saturated rings. The SMILES string of the molecule is CC(C(=O)NCCc1ccccc1)c1ccc(-n2nc(C(F)(F)F)c3c2CCCC3)cc1. The van der Waals surface area contributed by atoms with Gasteiger partial charge in [-0.3, -0.25) is 4.79 Å². The van der Waals surface area contributed by atoms with Crippen molar-refractivity contribution < 1.29 is 18.0 Å². The van der Waals surface area contributed by atoms with Gasteiger partial charge in [0.2, 0.25) is 5.91 Å². The topological polar surface area (TPSA) is 46.9 Å². The molecule has 1 aliphatic carbocycles. The molecule has 1 aliphatic rings. The molecule has 0 saturated carbocycles. The van der Waals surface area contributed by atoms with Crippen LogP contribution in [0.1, 0.15) is 53.8 Å². The van der Waals surface area contributed by atoms with Gasteiger partial charge in [0, 0.05) is 17.8 Å². The molecule has 3 aromatic rings. The van der Waals surface area contributed by atoms with Crippen molar-refractivity contribution in [2.75, 3.05) is 6.54 Å². The number of hydrogen-bond acceptors (Lipinski definition) is 2. The van der Waals surface area contributed by atoms with E-state index in [0.29, 0.717) is 36.3 Å². The van der Waals surface area contributed by atoms with Crippen LogP contribution in [-0.2, 0) is 30.2 Å². The number of hydrogen-bond donors (Lipinski definition) is 1. The van der Waals surface area contributed by atoms with Crippen LogP contribution in [0.2, 0.25) is 0 Å². The van der Waals surface area contributed by atoms with Gasteiger partial charge in [-0.15, -0.1) is 0 Å². The van der Waals surface area contributed by atoms with Gasteiger partial charge in [-0.05, 0) is 62.3 Å². The number of amides is 1. The minimum Gasteiger partial charge on any atom is -0.355 e. The van der Waals surface area contributed by atoms with Crippen LogP contribution in [0.15, 0.2) is 54.6 Å². The lowest BCUT2D eigenvalue weighted by Crippen LogP contribution is -2.29. The third-order valence-corrected chi connectivity index (χ3v) is 6.04. The first-order chi connectivity index (χ1) is 15.3. The van der Waals surface area contributed by atoms with Crippen LogP contribution in [0.25, 0.3) is 5.69 Å². The van der Waals surface area contributed by atoms with Crippen LogP contribution in [0.3, 0.4) is 0 Å². The zero-order valence-corrected chi connectivity index (χ0v) is 18.0. The molecule has 4 nitrogen and oxygen atoms in total. The highest BCUT2D eigenvalue weighted by Gasteiger charge is 2.39. The molecule has 168 valence electrons. The van der Waals surface area contributed by atoms with E-state index in [9.17, 15) is 18.0 Å². The van der Waals surface area contributed by atoms with E-state index in [2.05, 4.69) is 10.4 Å². The Morgan fingerprint density at radius 2 is 1.75 bits per heavy atom. The standard InChI is InChI=1S/C25H26F3N3O/c1-17(24(32)29-16-15-18-7-3-2-4-8-18)19-11-13-20(14-12-19)31-22-10-6-5-9-21(22)23(30-31)25(26,27)28/h2-4,7-8,11-14,17H,5-6,9-10,15-16H2,1H3,(H,29,32). The first kappa shape index (κ1) is 22.1. The summed E-state index contributed by atoms with van der Waals surface area (Å²) < 4.78 is 41.8. The third-order valence-electron chi connectivity index (χ3n) is 6.04. The molecular weight excluding hydrogens is 415 g/mol. The van der Waals surface area contributed by atoms with E-state index in [1.54, 1.807) is 24.3 Å². The Bertz CT molecular complexity index is 1070. The molecule has 2 aromatic carbocycles. The maximum absolute atomic E-state index is 13.5. The zero-order valence-electron chi connectivity index (χ0n) is 18.0. The average molecular weight is 441 g/mol. The number of rotatable bonds is 6. The Morgan fingerprint density at radius 3 is 2.44 bits per heavy atom. The second-order valence-electron chi connectivity index (χ2n) is 8.23. The number of nitrogens with zero attached hydrogens (tertiary/aromatic N) is 2. The van der Waals surface area contributed by atoms with Gasteiger partial charge in [0.05, 0.1) is 11.6 Å². The van der Waals surface area contributed by atoms with Gasteiger partial charge >= 0.3 is 6.18 Å². The van der Waals surface area contributed by atoms with Crippen LogP contribution in [-0.4, -0.2) is 22.2 Å². The number of fused-ring (bicyclic) bond motifs is 1. The first-order valence-corrected chi connectivity index (χ1v) is 10.9. The largest absolute Gasteiger partial charge is 0.435 e. The Balaban J connectivity index is 1.46. The predicted molar refractivity (Wildman–Crippen MR) is 117 cm³/mol. The highest BCUT2D eigenvalue weighted by molar-refractivity contribution is 5.83. The lowest BCUT2D eigenvalue weighted by Gasteiger charge is -2.16. The van der Waals surface area contributed by atoms with Gasteiger partial charge in [-0.25, -0.2) is 4.68 Å². The van der Waals surface area contributed by atoms with Crippen molar-refractivity contribution in [1.82, 2.24) is 15.1 Å². The fourth-order valence-electron chi connectivity index (χ4n) is 4.22. The second-order valence-corrected chi connectivity index (χ2v) is 8.23. The highest BCUT2D eigenvalue weighted by atomic mass is 19.4. The molecule has 7 heteroatoms. The lowest BCUT2D eigenvalue weighted by atomic mass is 9.95. The summed E-state index contributed by atoms with van der Waals surface area (Å²) in [5.41, 5.74) is 2.73. The number of halogens is 3. The van der Waals surface area contributed by atoms with Crippen LogP contribution < -0.4 is 5.32 Å². The molecular formula is C25H26F3N3O. The van der Waals surface area contributed by atoms with Crippen molar-refractivity contribution in [2.24, 2.45) is 0 Å². The number of carbonyl (C=O) groups is 1. The number of benzene rings is 2. The average Bonchev–Trinajstić information content (AvgIpc) is 3.20. The Morgan fingerprint density at radius 1 is 1.06 bits per heavy atom. The van der Waals surface area contributed by atoms with Crippen molar-refractivity contribution in [3.8, 4) is 5.69 Å². The highest BCUT2D eigenvalue weighted by Crippen LogP contribution is 2.36. The molecule has 0 spiro atoms.